The zero-order valence-corrected chi connectivity index (χ0v) is 24.2. The fourth-order valence-electron chi connectivity index (χ4n) is 5.16. The molecule has 1 fully saturated rings. The number of carbonyl (C=O) groups excluding carboxylic acids is 2. The Hall–Kier alpha value is -4.84. The van der Waals surface area contributed by atoms with Gasteiger partial charge in [-0.25, -0.2) is 14.5 Å². The van der Waals surface area contributed by atoms with Crippen molar-refractivity contribution in [2.45, 2.75) is 43.8 Å². The zero-order chi connectivity index (χ0) is 33.1. The van der Waals surface area contributed by atoms with E-state index in [9.17, 15) is 35.9 Å². The van der Waals surface area contributed by atoms with E-state index >= 15 is 0 Å². The first-order valence-corrected chi connectivity index (χ1v) is 14.0. The Morgan fingerprint density at radius 1 is 0.826 bits per heavy atom. The molecule has 12 heteroatoms. The van der Waals surface area contributed by atoms with Gasteiger partial charge in [0.1, 0.15) is 6.61 Å². The maximum Gasteiger partial charge on any atom is 0.416 e. The van der Waals surface area contributed by atoms with Crippen molar-refractivity contribution in [1.29, 1.82) is 0 Å². The number of cyclic esters (lactones) is 1. The van der Waals surface area contributed by atoms with Gasteiger partial charge in [0.25, 0.3) is 0 Å². The third-order valence-corrected chi connectivity index (χ3v) is 7.56. The Morgan fingerprint density at radius 3 is 1.89 bits per heavy atom. The smallest absolute Gasteiger partial charge is 0.416 e. The van der Waals surface area contributed by atoms with Crippen LogP contribution in [0.1, 0.15) is 52.6 Å². The molecule has 5 rings (SSSR count). The largest absolute Gasteiger partial charge is 0.444 e. The molecule has 1 aliphatic heterocycles. The highest BCUT2D eigenvalue weighted by Crippen LogP contribution is 2.46. The van der Waals surface area contributed by atoms with Crippen LogP contribution in [0.3, 0.4) is 0 Å². The molecule has 0 radical (unpaired) electrons. The van der Waals surface area contributed by atoms with Crippen molar-refractivity contribution in [2.24, 2.45) is 0 Å². The molecule has 0 saturated carbocycles. The van der Waals surface area contributed by atoms with Crippen LogP contribution in [0.5, 0.6) is 0 Å². The van der Waals surface area contributed by atoms with Gasteiger partial charge in [-0.15, -0.1) is 0 Å². The van der Waals surface area contributed by atoms with Gasteiger partial charge in [-0.05, 0) is 41.8 Å². The molecule has 46 heavy (non-hydrogen) atoms. The molecule has 1 amide bonds. The van der Waals surface area contributed by atoms with Crippen molar-refractivity contribution in [3.8, 4) is 0 Å². The second-order valence-electron chi connectivity index (χ2n) is 10.6. The molecular weight excluding hydrogens is 616 g/mol. The lowest BCUT2D eigenvalue weighted by Crippen LogP contribution is -2.52. The number of hydrogen-bond acceptors (Lipinski definition) is 5. The standard InChI is InChI=1S/C34H27F6NO5/c1-22(25-17-27(33(35,36)37)19-28(18-25)34(38,39)40)45-21-32(26-15-9-4-10-16-26)30(42)46-29(24-13-7-3-8-14-24)41(32)31(43)44-20-23-11-5-2-6-12-23/h2-19,22,29H,20-21H2,1H3/t22-,29?,32-/m1/s1. The molecule has 1 unspecified atom stereocenters. The predicted molar refractivity (Wildman–Crippen MR) is 153 cm³/mol. The van der Waals surface area contributed by atoms with Crippen LogP contribution in [0.4, 0.5) is 31.1 Å². The van der Waals surface area contributed by atoms with Gasteiger partial charge in [0.2, 0.25) is 6.23 Å². The van der Waals surface area contributed by atoms with Crippen molar-refractivity contribution in [3.05, 3.63) is 143 Å². The van der Waals surface area contributed by atoms with Gasteiger partial charge in [-0.1, -0.05) is 91.0 Å². The van der Waals surface area contributed by atoms with Crippen LogP contribution in [-0.4, -0.2) is 23.6 Å². The van der Waals surface area contributed by atoms with Gasteiger partial charge in [0.05, 0.1) is 23.8 Å². The minimum absolute atomic E-state index is 0.0188. The van der Waals surface area contributed by atoms with Gasteiger partial charge in [0.15, 0.2) is 5.54 Å². The molecule has 0 spiro atoms. The third-order valence-electron chi connectivity index (χ3n) is 7.56. The second-order valence-corrected chi connectivity index (χ2v) is 10.6. The Balaban J connectivity index is 1.56. The lowest BCUT2D eigenvalue weighted by molar-refractivity contribution is -0.148. The Bertz CT molecular complexity index is 1630. The van der Waals surface area contributed by atoms with Gasteiger partial charge >= 0.3 is 24.4 Å². The molecule has 1 saturated heterocycles. The van der Waals surface area contributed by atoms with Crippen LogP contribution in [0.25, 0.3) is 0 Å². The van der Waals surface area contributed by atoms with Crippen molar-refractivity contribution in [2.75, 3.05) is 6.61 Å². The number of rotatable bonds is 8. The van der Waals surface area contributed by atoms with Crippen molar-refractivity contribution >= 4 is 12.1 Å². The first-order valence-electron chi connectivity index (χ1n) is 14.0. The summed E-state index contributed by atoms with van der Waals surface area (Å²) in [6, 6.07) is 26.1. The molecule has 4 aromatic carbocycles. The minimum atomic E-state index is -5.07. The topological polar surface area (TPSA) is 65.1 Å². The molecule has 3 atom stereocenters. The van der Waals surface area contributed by atoms with Crippen molar-refractivity contribution < 1.29 is 50.1 Å². The quantitative estimate of drug-likeness (QED) is 0.142. The fourth-order valence-corrected chi connectivity index (χ4v) is 5.16. The fraction of sp³-hybridized carbons (Fsp3) is 0.235. The number of hydrogen-bond donors (Lipinski definition) is 0. The third kappa shape index (κ3) is 6.71. The van der Waals surface area contributed by atoms with Gasteiger partial charge < -0.3 is 14.2 Å². The lowest BCUT2D eigenvalue weighted by Gasteiger charge is -2.36. The number of halogens is 6. The molecule has 1 heterocycles. The molecule has 0 bridgehead atoms. The number of nitrogens with zero attached hydrogens (tertiary/aromatic N) is 1. The molecule has 6 nitrogen and oxygen atoms in total. The summed E-state index contributed by atoms with van der Waals surface area (Å²) >= 11 is 0. The summed E-state index contributed by atoms with van der Waals surface area (Å²) in [6.07, 6.45) is -13.8. The number of esters is 1. The molecule has 0 aromatic heterocycles. The average Bonchev–Trinajstić information content (AvgIpc) is 3.35. The van der Waals surface area contributed by atoms with Crippen molar-refractivity contribution in [1.82, 2.24) is 4.90 Å². The predicted octanol–water partition coefficient (Wildman–Crippen LogP) is 8.59. The molecular formula is C34H27F6NO5. The second kappa shape index (κ2) is 12.9. The maximum atomic E-state index is 13.9. The van der Waals surface area contributed by atoms with Gasteiger partial charge in [0, 0.05) is 5.56 Å². The number of amides is 1. The summed E-state index contributed by atoms with van der Waals surface area (Å²) in [6.45, 7) is 0.387. The lowest BCUT2D eigenvalue weighted by atomic mass is 9.89. The first kappa shape index (κ1) is 32.6. The normalized spacial score (nSPS) is 19.1. The summed E-state index contributed by atoms with van der Waals surface area (Å²) < 4.78 is 98.8. The van der Waals surface area contributed by atoms with Crippen LogP contribution < -0.4 is 0 Å². The molecule has 4 aromatic rings. The van der Waals surface area contributed by atoms with Crippen LogP contribution >= 0.6 is 0 Å². The van der Waals surface area contributed by atoms with E-state index in [0.29, 0.717) is 23.3 Å². The highest BCUT2D eigenvalue weighted by atomic mass is 19.4. The molecule has 1 aliphatic rings. The number of benzene rings is 4. The average molecular weight is 644 g/mol. The van der Waals surface area contributed by atoms with Gasteiger partial charge in [-0.2, -0.15) is 26.3 Å². The van der Waals surface area contributed by atoms with Crippen LogP contribution in [0, 0.1) is 0 Å². The molecule has 0 N–H and O–H groups in total. The summed E-state index contributed by atoms with van der Waals surface area (Å²) in [5, 5.41) is 0. The van der Waals surface area contributed by atoms with Gasteiger partial charge in [-0.3, -0.25) is 0 Å². The van der Waals surface area contributed by atoms with E-state index in [1.807, 2.05) is 0 Å². The van der Waals surface area contributed by atoms with Crippen LogP contribution in [0.2, 0.25) is 0 Å². The van der Waals surface area contributed by atoms with E-state index in [1.54, 1.807) is 78.9 Å². The minimum Gasteiger partial charge on any atom is -0.444 e. The number of carbonyl (C=O) groups is 2. The summed E-state index contributed by atoms with van der Waals surface area (Å²) in [5.74, 6) is -0.934. The van der Waals surface area contributed by atoms with E-state index in [0.717, 1.165) is 4.90 Å². The first-order chi connectivity index (χ1) is 21.8. The Morgan fingerprint density at radius 2 is 1.35 bits per heavy atom. The van der Waals surface area contributed by atoms with Crippen LogP contribution in [0.15, 0.2) is 109 Å². The summed E-state index contributed by atoms with van der Waals surface area (Å²) in [5.41, 5.74) is -4.22. The highest BCUT2D eigenvalue weighted by molar-refractivity contribution is 5.90. The summed E-state index contributed by atoms with van der Waals surface area (Å²) in [4.78, 5) is 28.9. The number of alkyl halides is 6. The Kier molecular flexibility index (Phi) is 9.11. The van der Waals surface area contributed by atoms with E-state index in [-0.39, 0.29) is 18.2 Å². The van der Waals surface area contributed by atoms with E-state index in [4.69, 9.17) is 14.2 Å². The molecule has 240 valence electrons. The SMILES string of the molecule is C[C@@H](OC[C@@]1(c2ccccc2)C(=O)OC(c2ccccc2)N1C(=O)OCc1ccccc1)c1cc(C(F)(F)F)cc(C(F)(F)F)c1. The van der Waals surface area contributed by atoms with Crippen LogP contribution in [-0.2, 0) is 43.5 Å². The van der Waals surface area contributed by atoms with E-state index < -0.39 is 65.6 Å². The van der Waals surface area contributed by atoms with E-state index in [2.05, 4.69) is 0 Å². The monoisotopic (exact) mass is 643 g/mol. The molecule has 0 aliphatic carbocycles. The summed E-state index contributed by atoms with van der Waals surface area (Å²) in [7, 11) is 0. The van der Waals surface area contributed by atoms with E-state index in [1.165, 1.54) is 19.1 Å². The van der Waals surface area contributed by atoms with Crippen molar-refractivity contribution in [3.63, 3.8) is 0 Å². The number of ether oxygens (including phenoxy) is 3. The zero-order valence-electron chi connectivity index (χ0n) is 24.2. The maximum absolute atomic E-state index is 13.9. The Labute approximate surface area is 260 Å². The highest BCUT2D eigenvalue weighted by Gasteiger charge is 2.60.